The number of benzene rings is 6. The topological polar surface area (TPSA) is 43.9 Å². The van der Waals surface area contributed by atoms with Crippen LogP contribution in [0.25, 0.3) is 83.7 Å². The van der Waals surface area contributed by atoms with Crippen LogP contribution in [-0.4, -0.2) is 14.5 Å². The molecule has 9 rings (SSSR count). The second kappa shape index (κ2) is 10.7. The fraction of sp³-hybridized carbons (Fsp3) is 0. The van der Waals surface area contributed by atoms with Crippen molar-refractivity contribution >= 4 is 32.8 Å². The number of fused-ring (bicyclic) bond motifs is 4. The van der Waals surface area contributed by atoms with Gasteiger partial charge in [0.15, 0.2) is 11.6 Å². The van der Waals surface area contributed by atoms with E-state index in [0.717, 1.165) is 61.3 Å². The Bertz CT molecular complexity index is 2460. The van der Waals surface area contributed by atoms with Crippen LogP contribution in [0.15, 0.2) is 168 Å². The van der Waals surface area contributed by atoms with Gasteiger partial charge >= 0.3 is 0 Å². The van der Waals surface area contributed by atoms with Gasteiger partial charge in [0, 0.05) is 27.3 Å². The van der Waals surface area contributed by atoms with Crippen LogP contribution in [0.1, 0.15) is 0 Å². The number of rotatable bonds is 5. The van der Waals surface area contributed by atoms with Gasteiger partial charge in [-0.2, -0.15) is 0 Å². The molecule has 0 fully saturated rings. The fourth-order valence-corrected chi connectivity index (χ4v) is 6.48. The summed E-state index contributed by atoms with van der Waals surface area (Å²) >= 11 is 0. The highest BCUT2D eigenvalue weighted by molar-refractivity contribution is 6.09. The Morgan fingerprint density at radius 3 is 1.89 bits per heavy atom. The normalized spacial score (nSPS) is 11.5. The number of nitrogens with zero attached hydrogens (tertiary/aromatic N) is 3. The standard InChI is InChI=1S/C42H27N3O/c1-2-13-28(14-3-1)29-16-12-17-30(25-29)35-27-36(41-26-31-15-4-11-24-40(31)46-41)44-42(43-35)34-20-7-10-23-39(34)45-37-21-8-5-18-32(37)33-19-6-9-22-38(33)45/h1-27H. The molecule has 4 nitrogen and oxygen atoms in total. The van der Waals surface area contributed by atoms with Crippen molar-refractivity contribution in [2.45, 2.75) is 0 Å². The maximum Gasteiger partial charge on any atom is 0.162 e. The largest absolute Gasteiger partial charge is 0.454 e. The molecule has 0 saturated carbocycles. The van der Waals surface area contributed by atoms with Gasteiger partial charge < -0.3 is 8.98 Å². The first-order valence-corrected chi connectivity index (χ1v) is 15.4. The first-order valence-electron chi connectivity index (χ1n) is 15.4. The number of hydrogen-bond donors (Lipinski definition) is 0. The highest BCUT2D eigenvalue weighted by atomic mass is 16.3. The van der Waals surface area contributed by atoms with E-state index in [1.807, 2.05) is 30.3 Å². The highest BCUT2D eigenvalue weighted by Crippen LogP contribution is 2.37. The zero-order valence-electron chi connectivity index (χ0n) is 24.8. The monoisotopic (exact) mass is 589 g/mol. The van der Waals surface area contributed by atoms with Gasteiger partial charge in [0.25, 0.3) is 0 Å². The summed E-state index contributed by atoms with van der Waals surface area (Å²) in [4.78, 5) is 10.4. The van der Waals surface area contributed by atoms with Crippen LogP contribution < -0.4 is 0 Å². The Labute approximate surface area is 265 Å². The van der Waals surface area contributed by atoms with Gasteiger partial charge in [-0.05, 0) is 59.7 Å². The second-order valence-electron chi connectivity index (χ2n) is 11.4. The van der Waals surface area contributed by atoms with Gasteiger partial charge in [-0.3, -0.25) is 0 Å². The van der Waals surface area contributed by atoms with Gasteiger partial charge in [-0.1, -0.05) is 115 Å². The summed E-state index contributed by atoms with van der Waals surface area (Å²) in [6.45, 7) is 0. The van der Waals surface area contributed by atoms with Crippen molar-refractivity contribution < 1.29 is 4.42 Å². The summed E-state index contributed by atoms with van der Waals surface area (Å²) in [7, 11) is 0. The van der Waals surface area contributed by atoms with Crippen LogP contribution in [0.4, 0.5) is 0 Å². The van der Waals surface area contributed by atoms with E-state index < -0.39 is 0 Å². The molecular formula is C42H27N3O. The molecule has 0 radical (unpaired) electrons. The molecule has 46 heavy (non-hydrogen) atoms. The lowest BCUT2D eigenvalue weighted by molar-refractivity contribution is 0.628. The van der Waals surface area contributed by atoms with Crippen molar-refractivity contribution in [1.82, 2.24) is 14.5 Å². The van der Waals surface area contributed by atoms with E-state index in [2.05, 4.69) is 138 Å². The molecule has 3 heterocycles. The predicted octanol–water partition coefficient (Wildman–Crippen LogP) is 11.0. The van der Waals surface area contributed by atoms with E-state index in [9.17, 15) is 0 Å². The highest BCUT2D eigenvalue weighted by Gasteiger charge is 2.19. The summed E-state index contributed by atoms with van der Waals surface area (Å²) in [5, 5.41) is 3.46. The average Bonchev–Trinajstić information content (AvgIpc) is 3.72. The smallest absolute Gasteiger partial charge is 0.162 e. The van der Waals surface area contributed by atoms with Crippen LogP contribution >= 0.6 is 0 Å². The third-order valence-corrected chi connectivity index (χ3v) is 8.64. The van der Waals surface area contributed by atoms with E-state index in [0.29, 0.717) is 11.6 Å². The number of aromatic nitrogens is 3. The van der Waals surface area contributed by atoms with Crippen molar-refractivity contribution in [3.05, 3.63) is 164 Å². The summed E-state index contributed by atoms with van der Waals surface area (Å²) in [5.74, 6) is 1.34. The Morgan fingerprint density at radius 2 is 1.09 bits per heavy atom. The summed E-state index contributed by atoms with van der Waals surface area (Å²) in [6, 6.07) is 56.6. The predicted molar refractivity (Wildman–Crippen MR) is 188 cm³/mol. The van der Waals surface area contributed by atoms with Crippen LogP contribution in [0, 0.1) is 0 Å². The van der Waals surface area contributed by atoms with Crippen LogP contribution in [0.3, 0.4) is 0 Å². The Morgan fingerprint density at radius 1 is 0.457 bits per heavy atom. The van der Waals surface area contributed by atoms with Crippen LogP contribution in [0.2, 0.25) is 0 Å². The lowest BCUT2D eigenvalue weighted by Gasteiger charge is -2.14. The zero-order valence-corrected chi connectivity index (χ0v) is 24.8. The minimum atomic E-state index is 0.635. The third kappa shape index (κ3) is 4.39. The molecule has 0 unspecified atom stereocenters. The minimum Gasteiger partial charge on any atom is -0.454 e. The van der Waals surface area contributed by atoms with Crippen LogP contribution in [0.5, 0.6) is 0 Å². The van der Waals surface area contributed by atoms with E-state index in [-0.39, 0.29) is 0 Å². The number of hydrogen-bond acceptors (Lipinski definition) is 3. The Kier molecular flexibility index (Phi) is 6.10. The molecule has 3 aromatic heterocycles. The van der Waals surface area contributed by atoms with E-state index >= 15 is 0 Å². The lowest BCUT2D eigenvalue weighted by atomic mass is 10.0. The average molecular weight is 590 g/mol. The second-order valence-corrected chi connectivity index (χ2v) is 11.4. The summed E-state index contributed by atoms with van der Waals surface area (Å²) in [5.41, 5.74) is 9.93. The van der Waals surface area contributed by atoms with Crippen LogP contribution in [-0.2, 0) is 0 Å². The lowest BCUT2D eigenvalue weighted by Crippen LogP contribution is -2.01. The van der Waals surface area contributed by atoms with Crippen molar-refractivity contribution in [1.29, 1.82) is 0 Å². The maximum atomic E-state index is 6.35. The zero-order chi connectivity index (χ0) is 30.5. The molecule has 4 heteroatoms. The van der Waals surface area contributed by atoms with Gasteiger partial charge in [0.1, 0.15) is 11.3 Å². The number of para-hydroxylation sites is 4. The molecule has 0 amide bonds. The van der Waals surface area contributed by atoms with Crippen molar-refractivity contribution in [2.75, 3.05) is 0 Å². The SMILES string of the molecule is c1ccc(-c2cccc(-c3cc(-c4cc5ccccc5o4)nc(-c4ccccc4-n4c5ccccc5c5ccccc54)n3)c2)cc1. The van der Waals surface area contributed by atoms with Gasteiger partial charge in [0.05, 0.1) is 22.4 Å². The fourth-order valence-electron chi connectivity index (χ4n) is 6.48. The summed E-state index contributed by atoms with van der Waals surface area (Å²) in [6.07, 6.45) is 0. The first-order chi connectivity index (χ1) is 22.8. The molecule has 0 bridgehead atoms. The molecule has 0 aliphatic rings. The molecular weight excluding hydrogens is 562 g/mol. The molecule has 0 atom stereocenters. The van der Waals surface area contributed by atoms with E-state index in [1.54, 1.807) is 0 Å². The first kappa shape index (κ1) is 26.2. The van der Waals surface area contributed by atoms with Crippen molar-refractivity contribution in [3.8, 4) is 50.9 Å². The Hall–Kier alpha value is -6.26. The Balaban J connectivity index is 1.29. The van der Waals surface area contributed by atoms with Crippen molar-refractivity contribution in [2.24, 2.45) is 0 Å². The summed E-state index contributed by atoms with van der Waals surface area (Å²) < 4.78 is 8.68. The molecule has 0 spiro atoms. The molecule has 0 saturated heterocycles. The third-order valence-electron chi connectivity index (χ3n) is 8.64. The molecule has 0 aliphatic carbocycles. The van der Waals surface area contributed by atoms with E-state index in [1.165, 1.54) is 10.8 Å². The van der Waals surface area contributed by atoms with Gasteiger partial charge in [-0.25, -0.2) is 9.97 Å². The quantitative estimate of drug-likeness (QED) is 0.201. The molecule has 0 N–H and O–H groups in total. The van der Waals surface area contributed by atoms with Crippen molar-refractivity contribution in [3.63, 3.8) is 0 Å². The van der Waals surface area contributed by atoms with Gasteiger partial charge in [-0.15, -0.1) is 0 Å². The van der Waals surface area contributed by atoms with E-state index in [4.69, 9.17) is 14.4 Å². The molecule has 0 aliphatic heterocycles. The molecule has 9 aromatic rings. The minimum absolute atomic E-state index is 0.635. The molecule has 6 aromatic carbocycles. The number of furan rings is 1. The maximum absolute atomic E-state index is 6.35. The molecule has 216 valence electrons. The van der Waals surface area contributed by atoms with Gasteiger partial charge in [0.2, 0.25) is 0 Å².